The molecule has 1 N–H and O–H groups in total. The van der Waals surface area contributed by atoms with Crippen molar-refractivity contribution in [2.75, 3.05) is 7.11 Å². The van der Waals surface area contributed by atoms with Gasteiger partial charge in [-0.3, -0.25) is 4.79 Å². The van der Waals surface area contributed by atoms with Crippen molar-refractivity contribution in [1.29, 1.82) is 0 Å². The van der Waals surface area contributed by atoms with Crippen LogP contribution in [0.2, 0.25) is 0 Å². The first-order valence-electron chi connectivity index (χ1n) is 6.08. The van der Waals surface area contributed by atoms with E-state index in [0.717, 1.165) is 24.2 Å². The average molecular weight is 235 g/mol. The molecule has 0 aromatic heterocycles. The normalized spacial score (nSPS) is 11.9. The number of nitrogens with one attached hydrogen (secondary N) is 1. The summed E-state index contributed by atoms with van der Waals surface area (Å²) < 4.78 is 5.22. The number of methoxy groups -OCH3 is 1. The number of ether oxygens (including phenoxy) is 1. The van der Waals surface area contributed by atoms with E-state index in [9.17, 15) is 4.79 Å². The van der Waals surface area contributed by atoms with Crippen molar-refractivity contribution in [2.45, 2.75) is 39.2 Å². The highest BCUT2D eigenvalue weighted by Crippen LogP contribution is 2.17. The van der Waals surface area contributed by atoms with Crippen molar-refractivity contribution in [3.63, 3.8) is 0 Å². The van der Waals surface area contributed by atoms with Crippen molar-refractivity contribution >= 4 is 5.91 Å². The van der Waals surface area contributed by atoms with Crippen molar-refractivity contribution in [1.82, 2.24) is 5.32 Å². The minimum atomic E-state index is 0.0513. The van der Waals surface area contributed by atoms with Crippen LogP contribution in [0, 0.1) is 0 Å². The van der Waals surface area contributed by atoms with Crippen molar-refractivity contribution in [3.8, 4) is 5.75 Å². The Labute approximate surface area is 103 Å². The summed E-state index contributed by atoms with van der Waals surface area (Å²) in [7, 11) is 1.62. The summed E-state index contributed by atoms with van der Waals surface area (Å²) in [6.07, 6.45) is 2.46. The van der Waals surface area contributed by atoms with Gasteiger partial charge in [-0.05, 0) is 19.4 Å². The predicted molar refractivity (Wildman–Crippen MR) is 69.2 cm³/mol. The summed E-state index contributed by atoms with van der Waals surface area (Å²) in [5.41, 5.74) is 0.927. The highest BCUT2D eigenvalue weighted by molar-refractivity contribution is 5.79. The number of benzene rings is 1. The third-order valence-corrected chi connectivity index (χ3v) is 2.67. The number of carbonyl (C=O) groups is 1. The number of rotatable bonds is 6. The summed E-state index contributed by atoms with van der Waals surface area (Å²) in [5.74, 6) is 0.821. The molecule has 17 heavy (non-hydrogen) atoms. The van der Waals surface area contributed by atoms with Gasteiger partial charge in [0.25, 0.3) is 0 Å². The number of carbonyl (C=O) groups excluding carboxylic acids is 1. The fourth-order valence-electron chi connectivity index (χ4n) is 1.85. The molecule has 0 spiro atoms. The Balaban J connectivity index is 2.55. The topological polar surface area (TPSA) is 38.3 Å². The third kappa shape index (κ3) is 4.47. The van der Waals surface area contributed by atoms with Gasteiger partial charge in [-0.2, -0.15) is 0 Å². The van der Waals surface area contributed by atoms with Crippen LogP contribution in [0.1, 0.15) is 32.3 Å². The Hall–Kier alpha value is -1.51. The Bertz CT molecular complexity index is 363. The highest BCUT2D eigenvalue weighted by atomic mass is 16.5. The molecule has 0 aliphatic carbocycles. The van der Waals surface area contributed by atoms with Crippen molar-refractivity contribution in [3.05, 3.63) is 29.8 Å². The fourth-order valence-corrected chi connectivity index (χ4v) is 1.85. The summed E-state index contributed by atoms with van der Waals surface area (Å²) >= 11 is 0. The molecule has 1 atom stereocenters. The van der Waals surface area contributed by atoms with E-state index in [-0.39, 0.29) is 11.9 Å². The maximum absolute atomic E-state index is 11.8. The summed E-state index contributed by atoms with van der Waals surface area (Å²) in [4.78, 5) is 11.8. The first-order valence-corrected chi connectivity index (χ1v) is 6.08. The van der Waals surface area contributed by atoms with Gasteiger partial charge in [0, 0.05) is 11.6 Å². The van der Waals surface area contributed by atoms with Crippen LogP contribution >= 0.6 is 0 Å². The molecule has 0 aliphatic rings. The molecule has 0 fully saturated rings. The number of hydrogen-bond acceptors (Lipinski definition) is 2. The molecule has 3 heteroatoms. The van der Waals surface area contributed by atoms with Crippen LogP contribution in [-0.2, 0) is 11.2 Å². The second-order valence-electron chi connectivity index (χ2n) is 4.25. The fraction of sp³-hybridized carbons (Fsp3) is 0.500. The van der Waals surface area contributed by atoms with Crippen LogP contribution in [-0.4, -0.2) is 19.1 Å². The Kier molecular flexibility index (Phi) is 5.53. The van der Waals surface area contributed by atoms with Crippen LogP contribution in [0.3, 0.4) is 0 Å². The summed E-state index contributed by atoms with van der Waals surface area (Å²) in [6.45, 7) is 4.15. The van der Waals surface area contributed by atoms with E-state index in [1.54, 1.807) is 7.11 Å². The van der Waals surface area contributed by atoms with Gasteiger partial charge >= 0.3 is 0 Å². The minimum Gasteiger partial charge on any atom is -0.496 e. The van der Waals surface area contributed by atoms with Crippen molar-refractivity contribution < 1.29 is 9.53 Å². The van der Waals surface area contributed by atoms with E-state index in [0.29, 0.717) is 6.42 Å². The number of hydrogen-bond donors (Lipinski definition) is 1. The minimum absolute atomic E-state index is 0.0513. The molecular formula is C14H21NO2. The Morgan fingerprint density at radius 1 is 1.41 bits per heavy atom. The lowest BCUT2D eigenvalue weighted by Gasteiger charge is -2.13. The summed E-state index contributed by atoms with van der Waals surface area (Å²) in [5, 5.41) is 2.99. The molecule has 0 radical (unpaired) electrons. The largest absolute Gasteiger partial charge is 0.496 e. The van der Waals surface area contributed by atoms with E-state index in [4.69, 9.17) is 4.74 Å². The monoisotopic (exact) mass is 235 g/mol. The standard InChI is InChI=1S/C14H21NO2/c1-4-7-11(2)15-14(16)10-12-8-5-6-9-13(12)17-3/h5-6,8-9,11H,4,7,10H2,1-3H3,(H,15,16)/t11-/m0/s1. The van der Waals surface area contributed by atoms with Gasteiger partial charge in [0.1, 0.15) is 5.75 Å². The van der Waals surface area contributed by atoms with Gasteiger partial charge in [-0.1, -0.05) is 31.5 Å². The molecule has 3 nitrogen and oxygen atoms in total. The lowest BCUT2D eigenvalue weighted by Crippen LogP contribution is -2.33. The SMILES string of the molecule is CCC[C@H](C)NC(=O)Cc1ccccc1OC. The molecule has 0 bridgehead atoms. The average Bonchev–Trinajstić information content (AvgIpc) is 2.29. The Morgan fingerprint density at radius 3 is 2.76 bits per heavy atom. The van der Waals surface area contributed by atoms with Crippen LogP contribution < -0.4 is 10.1 Å². The second kappa shape index (κ2) is 6.94. The van der Waals surface area contributed by atoms with Gasteiger partial charge in [0.15, 0.2) is 0 Å². The molecule has 0 heterocycles. The van der Waals surface area contributed by atoms with Gasteiger partial charge in [-0.25, -0.2) is 0 Å². The molecular weight excluding hydrogens is 214 g/mol. The lowest BCUT2D eigenvalue weighted by molar-refractivity contribution is -0.121. The van der Waals surface area contributed by atoms with Crippen LogP contribution in [0.5, 0.6) is 5.75 Å². The Morgan fingerprint density at radius 2 is 2.12 bits per heavy atom. The predicted octanol–water partition coefficient (Wildman–Crippen LogP) is 2.54. The van der Waals surface area contributed by atoms with E-state index in [1.807, 2.05) is 31.2 Å². The number of para-hydroxylation sites is 1. The molecule has 1 aromatic rings. The second-order valence-corrected chi connectivity index (χ2v) is 4.25. The zero-order valence-corrected chi connectivity index (χ0v) is 10.8. The number of amides is 1. The molecule has 0 saturated carbocycles. The molecule has 94 valence electrons. The molecule has 0 unspecified atom stereocenters. The lowest BCUT2D eigenvalue weighted by atomic mass is 10.1. The van der Waals surface area contributed by atoms with Crippen molar-refractivity contribution in [2.24, 2.45) is 0 Å². The molecule has 1 rings (SSSR count). The quantitative estimate of drug-likeness (QED) is 0.823. The molecule has 1 aromatic carbocycles. The van der Waals surface area contributed by atoms with Crippen LogP contribution in [0.25, 0.3) is 0 Å². The molecule has 1 amide bonds. The first-order chi connectivity index (χ1) is 8.17. The zero-order valence-electron chi connectivity index (χ0n) is 10.8. The van der Waals surface area contributed by atoms with Gasteiger partial charge in [0.2, 0.25) is 5.91 Å². The van der Waals surface area contributed by atoms with Gasteiger partial charge < -0.3 is 10.1 Å². The highest BCUT2D eigenvalue weighted by Gasteiger charge is 2.10. The van der Waals surface area contributed by atoms with E-state index in [2.05, 4.69) is 12.2 Å². The van der Waals surface area contributed by atoms with E-state index in [1.165, 1.54) is 0 Å². The van der Waals surface area contributed by atoms with E-state index < -0.39 is 0 Å². The van der Waals surface area contributed by atoms with Gasteiger partial charge in [-0.15, -0.1) is 0 Å². The molecule has 0 aliphatic heterocycles. The van der Waals surface area contributed by atoms with Crippen LogP contribution in [0.15, 0.2) is 24.3 Å². The first kappa shape index (κ1) is 13.6. The van der Waals surface area contributed by atoms with Crippen LogP contribution in [0.4, 0.5) is 0 Å². The third-order valence-electron chi connectivity index (χ3n) is 2.67. The molecule has 0 saturated heterocycles. The van der Waals surface area contributed by atoms with E-state index >= 15 is 0 Å². The zero-order chi connectivity index (χ0) is 12.7. The maximum Gasteiger partial charge on any atom is 0.224 e. The summed E-state index contributed by atoms with van der Waals surface area (Å²) in [6, 6.07) is 7.85. The van der Waals surface area contributed by atoms with Gasteiger partial charge in [0.05, 0.1) is 13.5 Å². The smallest absolute Gasteiger partial charge is 0.224 e. The maximum atomic E-state index is 11.8.